The molecular formula is C15H18N4O. The van der Waals surface area contributed by atoms with Crippen LogP contribution in [0, 0.1) is 5.92 Å². The maximum absolute atomic E-state index is 12.6. The Kier molecular flexibility index (Phi) is 3.50. The number of carbonyl (C=O) groups is 1. The number of amides is 1. The first kappa shape index (κ1) is 12.8. The molecule has 0 saturated heterocycles. The van der Waals surface area contributed by atoms with Crippen molar-refractivity contribution in [2.75, 3.05) is 11.6 Å². The van der Waals surface area contributed by atoms with Crippen LogP contribution in [-0.4, -0.2) is 24.0 Å². The smallest absolute Gasteiger partial charge is 0.263 e. The van der Waals surface area contributed by atoms with E-state index in [2.05, 4.69) is 10.1 Å². The summed E-state index contributed by atoms with van der Waals surface area (Å²) in [6.07, 6.45) is 4.16. The molecule has 5 heteroatoms. The van der Waals surface area contributed by atoms with Gasteiger partial charge in [-0.25, -0.2) is 0 Å². The standard InChI is InChI=1S/C15H18N4O/c16-14-13(12-9-5-2-6-10-17-12)15(20)19(18-14)11-7-3-1-4-8-11/h1,3-4,7-8,13H,2,5-6,9-10H2,(H2,16,18)/t13-/m0/s1. The van der Waals surface area contributed by atoms with E-state index >= 15 is 0 Å². The summed E-state index contributed by atoms with van der Waals surface area (Å²) >= 11 is 0. The minimum absolute atomic E-state index is 0.0886. The highest BCUT2D eigenvalue weighted by molar-refractivity contribution is 6.27. The minimum Gasteiger partial charge on any atom is -0.385 e. The highest BCUT2D eigenvalue weighted by Crippen LogP contribution is 2.25. The lowest BCUT2D eigenvalue weighted by molar-refractivity contribution is -0.118. The van der Waals surface area contributed by atoms with Gasteiger partial charge in [-0.05, 0) is 31.4 Å². The van der Waals surface area contributed by atoms with Gasteiger partial charge in [0.2, 0.25) is 0 Å². The van der Waals surface area contributed by atoms with Gasteiger partial charge in [-0.3, -0.25) is 9.79 Å². The lowest BCUT2D eigenvalue weighted by Crippen LogP contribution is -2.36. The fourth-order valence-electron chi connectivity index (χ4n) is 2.67. The van der Waals surface area contributed by atoms with Crippen LogP contribution in [0.2, 0.25) is 0 Å². The Hall–Kier alpha value is -2.17. The minimum atomic E-state index is -0.465. The van der Waals surface area contributed by atoms with E-state index in [4.69, 9.17) is 5.73 Å². The van der Waals surface area contributed by atoms with Crippen molar-refractivity contribution >= 4 is 23.1 Å². The average Bonchev–Trinajstić information content (AvgIpc) is 2.67. The fraction of sp³-hybridized carbons (Fsp3) is 0.400. The summed E-state index contributed by atoms with van der Waals surface area (Å²) in [7, 11) is 0. The normalized spacial score (nSPS) is 23.3. The molecule has 1 atom stereocenters. The molecule has 0 bridgehead atoms. The van der Waals surface area contributed by atoms with Crippen LogP contribution in [0.25, 0.3) is 0 Å². The van der Waals surface area contributed by atoms with Gasteiger partial charge < -0.3 is 5.73 Å². The van der Waals surface area contributed by atoms with Crippen molar-refractivity contribution in [3.63, 3.8) is 0 Å². The van der Waals surface area contributed by atoms with Gasteiger partial charge in [-0.2, -0.15) is 10.1 Å². The van der Waals surface area contributed by atoms with E-state index in [0.29, 0.717) is 5.84 Å². The molecule has 2 heterocycles. The molecular weight excluding hydrogens is 252 g/mol. The SMILES string of the molecule is NC1=NN(c2ccccc2)C(=O)[C@H]1C1=NCCCCC1. The topological polar surface area (TPSA) is 71.0 Å². The van der Waals surface area contributed by atoms with Crippen molar-refractivity contribution in [1.82, 2.24) is 0 Å². The van der Waals surface area contributed by atoms with E-state index in [1.54, 1.807) is 0 Å². The van der Waals surface area contributed by atoms with Gasteiger partial charge in [0.1, 0.15) is 11.8 Å². The third kappa shape index (κ3) is 2.31. The number of amidine groups is 1. The lowest BCUT2D eigenvalue weighted by atomic mass is 9.97. The molecule has 2 N–H and O–H groups in total. The molecule has 0 aromatic heterocycles. The van der Waals surface area contributed by atoms with Crippen LogP contribution in [0.5, 0.6) is 0 Å². The molecule has 20 heavy (non-hydrogen) atoms. The predicted molar refractivity (Wildman–Crippen MR) is 79.8 cm³/mol. The van der Waals surface area contributed by atoms with E-state index in [9.17, 15) is 4.79 Å². The van der Waals surface area contributed by atoms with E-state index in [-0.39, 0.29) is 5.91 Å². The number of anilines is 1. The molecule has 0 fully saturated rings. The van der Waals surface area contributed by atoms with Crippen LogP contribution in [0.15, 0.2) is 40.4 Å². The van der Waals surface area contributed by atoms with Crippen LogP contribution in [-0.2, 0) is 4.79 Å². The van der Waals surface area contributed by atoms with Crippen molar-refractivity contribution in [2.45, 2.75) is 25.7 Å². The number of nitrogens with zero attached hydrogens (tertiary/aromatic N) is 3. The zero-order chi connectivity index (χ0) is 13.9. The first-order valence-electron chi connectivity index (χ1n) is 7.03. The first-order chi connectivity index (χ1) is 9.77. The average molecular weight is 270 g/mol. The van der Waals surface area contributed by atoms with Crippen LogP contribution in [0.1, 0.15) is 25.7 Å². The van der Waals surface area contributed by atoms with Crippen LogP contribution < -0.4 is 10.7 Å². The number of hydrazone groups is 1. The molecule has 2 aliphatic heterocycles. The van der Waals surface area contributed by atoms with E-state index in [1.807, 2.05) is 30.3 Å². The summed E-state index contributed by atoms with van der Waals surface area (Å²) in [6, 6.07) is 9.37. The number of para-hydroxylation sites is 1. The van der Waals surface area contributed by atoms with Crippen molar-refractivity contribution in [3.8, 4) is 0 Å². The van der Waals surface area contributed by atoms with Crippen LogP contribution in [0.3, 0.4) is 0 Å². The lowest BCUT2D eigenvalue weighted by Gasteiger charge is -2.15. The number of carbonyl (C=O) groups excluding carboxylic acids is 1. The van der Waals surface area contributed by atoms with Gasteiger partial charge in [0.15, 0.2) is 0 Å². The van der Waals surface area contributed by atoms with Gasteiger partial charge in [0.25, 0.3) is 5.91 Å². The molecule has 1 amide bonds. The Balaban J connectivity index is 1.87. The Morgan fingerprint density at radius 2 is 1.95 bits per heavy atom. The summed E-state index contributed by atoms with van der Waals surface area (Å²) in [5.74, 6) is -0.192. The summed E-state index contributed by atoms with van der Waals surface area (Å²) in [6.45, 7) is 0.789. The quantitative estimate of drug-likeness (QED) is 0.892. The van der Waals surface area contributed by atoms with E-state index < -0.39 is 5.92 Å². The third-order valence-electron chi connectivity index (χ3n) is 3.71. The zero-order valence-electron chi connectivity index (χ0n) is 11.3. The summed E-state index contributed by atoms with van der Waals surface area (Å²) < 4.78 is 0. The summed E-state index contributed by atoms with van der Waals surface area (Å²) in [5, 5.41) is 5.62. The van der Waals surface area contributed by atoms with Gasteiger partial charge in [0, 0.05) is 12.3 Å². The number of rotatable bonds is 2. The molecule has 1 aromatic rings. The summed E-state index contributed by atoms with van der Waals surface area (Å²) in [4.78, 5) is 17.1. The molecule has 104 valence electrons. The van der Waals surface area contributed by atoms with Gasteiger partial charge in [0.05, 0.1) is 5.69 Å². The second-order valence-electron chi connectivity index (χ2n) is 5.13. The third-order valence-corrected chi connectivity index (χ3v) is 3.71. The van der Waals surface area contributed by atoms with Crippen molar-refractivity contribution in [1.29, 1.82) is 0 Å². The molecule has 0 spiro atoms. The summed E-state index contributed by atoms with van der Waals surface area (Å²) in [5.41, 5.74) is 7.63. The van der Waals surface area contributed by atoms with Crippen LogP contribution >= 0.6 is 0 Å². The Morgan fingerprint density at radius 1 is 1.15 bits per heavy atom. The second kappa shape index (κ2) is 5.45. The highest BCUT2D eigenvalue weighted by atomic mass is 16.2. The second-order valence-corrected chi connectivity index (χ2v) is 5.13. The van der Waals surface area contributed by atoms with Crippen LogP contribution in [0.4, 0.5) is 5.69 Å². The largest absolute Gasteiger partial charge is 0.385 e. The monoisotopic (exact) mass is 270 g/mol. The van der Waals surface area contributed by atoms with Gasteiger partial charge in [-0.15, -0.1) is 0 Å². The zero-order valence-corrected chi connectivity index (χ0v) is 11.3. The van der Waals surface area contributed by atoms with Crippen molar-refractivity contribution in [3.05, 3.63) is 30.3 Å². The molecule has 0 radical (unpaired) electrons. The predicted octanol–water partition coefficient (Wildman–Crippen LogP) is 1.94. The van der Waals surface area contributed by atoms with E-state index in [0.717, 1.165) is 43.6 Å². The number of aliphatic imine (C=N–C) groups is 1. The van der Waals surface area contributed by atoms with Crippen molar-refractivity contribution < 1.29 is 4.79 Å². The highest BCUT2D eigenvalue weighted by Gasteiger charge is 2.38. The van der Waals surface area contributed by atoms with Crippen molar-refractivity contribution in [2.24, 2.45) is 21.7 Å². The first-order valence-corrected chi connectivity index (χ1v) is 7.03. The molecule has 0 aliphatic carbocycles. The van der Waals surface area contributed by atoms with Gasteiger partial charge >= 0.3 is 0 Å². The van der Waals surface area contributed by atoms with E-state index in [1.165, 1.54) is 5.01 Å². The number of nitrogens with two attached hydrogens (primary N) is 1. The molecule has 5 nitrogen and oxygen atoms in total. The fourth-order valence-corrected chi connectivity index (χ4v) is 2.67. The molecule has 0 saturated carbocycles. The Morgan fingerprint density at radius 3 is 2.75 bits per heavy atom. The maximum atomic E-state index is 12.6. The molecule has 2 aliphatic rings. The molecule has 3 rings (SSSR count). The number of hydrogen-bond acceptors (Lipinski definition) is 4. The number of hydrogen-bond donors (Lipinski definition) is 1. The molecule has 0 unspecified atom stereocenters. The van der Waals surface area contributed by atoms with Gasteiger partial charge in [-0.1, -0.05) is 24.6 Å². The Bertz CT molecular complexity index is 564. The Labute approximate surface area is 118 Å². The number of benzene rings is 1. The molecule has 1 aromatic carbocycles. The maximum Gasteiger partial charge on any atom is 0.263 e.